The molecular formula is C11H23N3O. The van der Waals surface area contributed by atoms with Gasteiger partial charge in [0.2, 0.25) is 0 Å². The molecule has 1 unspecified atom stereocenters. The van der Waals surface area contributed by atoms with E-state index in [4.69, 9.17) is 4.74 Å². The minimum atomic E-state index is 0.635. The van der Waals surface area contributed by atoms with Gasteiger partial charge in [-0.15, -0.1) is 0 Å². The summed E-state index contributed by atoms with van der Waals surface area (Å²) in [6.45, 7) is 6.51. The summed E-state index contributed by atoms with van der Waals surface area (Å²) in [6.07, 6.45) is 3.62. The minimum absolute atomic E-state index is 0.635. The summed E-state index contributed by atoms with van der Waals surface area (Å²) in [4.78, 5) is 2.38. The predicted octanol–water partition coefficient (Wildman–Crippen LogP) is 0.308. The Bertz CT molecular complexity index is 173. The van der Waals surface area contributed by atoms with E-state index in [1.807, 2.05) is 0 Å². The summed E-state index contributed by atoms with van der Waals surface area (Å²) in [7, 11) is 2.19. The molecule has 2 saturated heterocycles. The van der Waals surface area contributed by atoms with Crippen LogP contribution in [0.2, 0.25) is 0 Å². The largest absolute Gasteiger partial charge is 0.381 e. The van der Waals surface area contributed by atoms with Gasteiger partial charge in [-0.25, -0.2) is 5.01 Å². The van der Waals surface area contributed by atoms with Gasteiger partial charge in [0, 0.05) is 45.4 Å². The van der Waals surface area contributed by atoms with E-state index in [2.05, 4.69) is 22.4 Å². The number of likely N-dealkylation sites (N-methyl/N-ethyl adjacent to an activating group) is 1. The van der Waals surface area contributed by atoms with E-state index in [0.717, 1.165) is 32.7 Å². The van der Waals surface area contributed by atoms with Crippen molar-refractivity contribution in [2.24, 2.45) is 0 Å². The summed E-state index contributed by atoms with van der Waals surface area (Å²) in [5.41, 5.74) is 3.65. The Morgan fingerprint density at radius 2 is 1.87 bits per heavy atom. The predicted molar refractivity (Wildman–Crippen MR) is 60.7 cm³/mol. The standard InChI is InChI=1S/C11H23N3O/c1-13-5-7-14(8-6-13)12-11-3-2-9-15-10-4-11/h11-12H,2-10H2,1H3. The van der Waals surface area contributed by atoms with Crippen LogP contribution in [0.1, 0.15) is 19.3 Å². The number of hydrogen-bond donors (Lipinski definition) is 1. The fraction of sp³-hybridized carbons (Fsp3) is 1.00. The van der Waals surface area contributed by atoms with Crippen molar-refractivity contribution in [3.63, 3.8) is 0 Å². The van der Waals surface area contributed by atoms with E-state index in [1.54, 1.807) is 0 Å². The third-order valence-electron chi connectivity index (χ3n) is 3.32. The van der Waals surface area contributed by atoms with Gasteiger partial charge in [-0.1, -0.05) is 0 Å². The summed E-state index contributed by atoms with van der Waals surface area (Å²) in [6, 6.07) is 0.635. The van der Waals surface area contributed by atoms with Crippen LogP contribution >= 0.6 is 0 Å². The lowest BCUT2D eigenvalue weighted by molar-refractivity contribution is 0.0802. The highest BCUT2D eigenvalue weighted by molar-refractivity contribution is 4.72. The molecule has 0 aromatic heterocycles. The lowest BCUT2D eigenvalue weighted by Gasteiger charge is -2.35. The van der Waals surface area contributed by atoms with Crippen LogP contribution in [-0.2, 0) is 4.74 Å². The minimum Gasteiger partial charge on any atom is -0.381 e. The third-order valence-corrected chi connectivity index (χ3v) is 3.32. The Hall–Kier alpha value is -0.160. The van der Waals surface area contributed by atoms with Gasteiger partial charge in [0.15, 0.2) is 0 Å². The van der Waals surface area contributed by atoms with Crippen LogP contribution in [-0.4, -0.2) is 62.4 Å². The van der Waals surface area contributed by atoms with Gasteiger partial charge in [0.25, 0.3) is 0 Å². The van der Waals surface area contributed by atoms with Crippen molar-refractivity contribution in [3.05, 3.63) is 0 Å². The average Bonchev–Trinajstić information content (AvgIpc) is 2.50. The molecule has 4 nitrogen and oxygen atoms in total. The smallest absolute Gasteiger partial charge is 0.0481 e. The van der Waals surface area contributed by atoms with Crippen LogP contribution in [0.4, 0.5) is 0 Å². The van der Waals surface area contributed by atoms with Crippen molar-refractivity contribution < 1.29 is 4.74 Å². The zero-order valence-electron chi connectivity index (χ0n) is 9.74. The molecule has 4 heteroatoms. The topological polar surface area (TPSA) is 27.7 Å². The Balaban J connectivity index is 1.70. The Kier molecular flexibility index (Phi) is 4.38. The van der Waals surface area contributed by atoms with E-state index in [0.29, 0.717) is 6.04 Å². The van der Waals surface area contributed by atoms with E-state index >= 15 is 0 Å². The molecular weight excluding hydrogens is 190 g/mol. The first-order valence-electron chi connectivity index (χ1n) is 6.12. The first-order chi connectivity index (χ1) is 7.34. The van der Waals surface area contributed by atoms with E-state index in [1.165, 1.54) is 25.9 Å². The molecule has 0 bridgehead atoms. The lowest BCUT2D eigenvalue weighted by Crippen LogP contribution is -2.53. The Morgan fingerprint density at radius 3 is 2.67 bits per heavy atom. The second-order valence-corrected chi connectivity index (χ2v) is 4.66. The second kappa shape index (κ2) is 5.80. The van der Waals surface area contributed by atoms with Crippen LogP contribution in [0.25, 0.3) is 0 Å². The van der Waals surface area contributed by atoms with Gasteiger partial charge >= 0.3 is 0 Å². The van der Waals surface area contributed by atoms with Crippen molar-refractivity contribution in [3.8, 4) is 0 Å². The molecule has 2 heterocycles. The highest BCUT2D eigenvalue weighted by atomic mass is 16.5. The zero-order valence-corrected chi connectivity index (χ0v) is 9.74. The van der Waals surface area contributed by atoms with E-state index < -0.39 is 0 Å². The zero-order chi connectivity index (χ0) is 10.5. The SMILES string of the molecule is CN1CCN(NC2CCCOCC2)CC1. The molecule has 0 amide bonds. The van der Waals surface area contributed by atoms with Crippen molar-refractivity contribution in [2.45, 2.75) is 25.3 Å². The molecule has 15 heavy (non-hydrogen) atoms. The quantitative estimate of drug-likeness (QED) is 0.714. The number of rotatable bonds is 2. The van der Waals surface area contributed by atoms with Gasteiger partial charge < -0.3 is 9.64 Å². The maximum atomic E-state index is 5.46. The molecule has 2 rings (SSSR count). The molecule has 0 aliphatic carbocycles. The first-order valence-corrected chi connectivity index (χ1v) is 6.12. The maximum Gasteiger partial charge on any atom is 0.0481 e. The number of hydrazine groups is 1. The number of nitrogens with zero attached hydrogens (tertiary/aromatic N) is 2. The van der Waals surface area contributed by atoms with Gasteiger partial charge in [-0.05, 0) is 26.3 Å². The Morgan fingerprint density at radius 1 is 1.07 bits per heavy atom. The third kappa shape index (κ3) is 3.72. The van der Waals surface area contributed by atoms with Gasteiger partial charge in [0.1, 0.15) is 0 Å². The van der Waals surface area contributed by atoms with Crippen LogP contribution in [0.3, 0.4) is 0 Å². The fourth-order valence-corrected chi connectivity index (χ4v) is 2.23. The van der Waals surface area contributed by atoms with Crippen molar-refractivity contribution >= 4 is 0 Å². The summed E-state index contributed by atoms with van der Waals surface area (Å²) < 4.78 is 5.46. The van der Waals surface area contributed by atoms with Crippen LogP contribution in [0.5, 0.6) is 0 Å². The van der Waals surface area contributed by atoms with Crippen molar-refractivity contribution in [1.82, 2.24) is 15.3 Å². The van der Waals surface area contributed by atoms with Gasteiger partial charge in [-0.2, -0.15) is 0 Å². The highest BCUT2D eigenvalue weighted by Crippen LogP contribution is 2.09. The average molecular weight is 213 g/mol. The van der Waals surface area contributed by atoms with E-state index in [9.17, 15) is 0 Å². The molecule has 0 saturated carbocycles. The van der Waals surface area contributed by atoms with Crippen LogP contribution in [0, 0.1) is 0 Å². The van der Waals surface area contributed by atoms with Crippen LogP contribution < -0.4 is 5.43 Å². The molecule has 1 N–H and O–H groups in total. The Labute approximate surface area is 92.5 Å². The molecule has 2 aliphatic heterocycles. The molecule has 2 fully saturated rings. The molecule has 2 aliphatic rings. The number of ether oxygens (including phenoxy) is 1. The molecule has 1 atom stereocenters. The second-order valence-electron chi connectivity index (χ2n) is 4.66. The van der Waals surface area contributed by atoms with Crippen molar-refractivity contribution in [1.29, 1.82) is 0 Å². The fourth-order valence-electron chi connectivity index (χ4n) is 2.23. The lowest BCUT2D eigenvalue weighted by atomic mass is 10.1. The van der Waals surface area contributed by atoms with Crippen molar-refractivity contribution in [2.75, 3.05) is 46.4 Å². The first kappa shape index (κ1) is 11.3. The summed E-state index contributed by atoms with van der Waals surface area (Å²) >= 11 is 0. The van der Waals surface area contributed by atoms with Crippen LogP contribution in [0.15, 0.2) is 0 Å². The number of hydrogen-bond acceptors (Lipinski definition) is 4. The summed E-state index contributed by atoms with van der Waals surface area (Å²) in [5, 5.41) is 2.38. The molecule has 0 spiro atoms. The molecule has 0 aromatic rings. The normalized spacial score (nSPS) is 31.4. The van der Waals surface area contributed by atoms with Gasteiger partial charge in [-0.3, -0.25) is 5.43 Å². The van der Waals surface area contributed by atoms with Gasteiger partial charge in [0.05, 0.1) is 0 Å². The monoisotopic (exact) mass is 213 g/mol. The number of piperazine rings is 1. The van der Waals surface area contributed by atoms with E-state index in [-0.39, 0.29) is 0 Å². The number of nitrogens with one attached hydrogen (secondary N) is 1. The molecule has 0 radical (unpaired) electrons. The highest BCUT2D eigenvalue weighted by Gasteiger charge is 2.18. The molecule has 0 aromatic carbocycles. The maximum absolute atomic E-state index is 5.46. The molecule has 88 valence electrons. The summed E-state index contributed by atoms with van der Waals surface area (Å²) in [5.74, 6) is 0.